The number of carboxylic acid groups (broad SMARTS) is 1. The number of carbonyl (C=O) groups excluding carboxylic acids is 1. The standard InChI is InChI=1S/C11H19NO5/c1-2-16-5-3-10(13)12-4-6-17-9(8-12)7-11(14)15/h9H,2-8H2,1H3,(H,14,15). The lowest BCUT2D eigenvalue weighted by atomic mass is 10.2. The van der Waals surface area contributed by atoms with Crippen LogP contribution in [-0.2, 0) is 19.1 Å². The van der Waals surface area contributed by atoms with Gasteiger partial charge in [0.1, 0.15) is 0 Å². The van der Waals surface area contributed by atoms with Crippen LogP contribution in [0.5, 0.6) is 0 Å². The predicted molar refractivity (Wildman–Crippen MR) is 59.7 cm³/mol. The minimum absolute atomic E-state index is 0.00265. The van der Waals surface area contributed by atoms with E-state index in [-0.39, 0.29) is 12.3 Å². The molecule has 0 spiro atoms. The normalized spacial score (nSPS) is 20.3. The van der Waals surface area contributed by atoms with Crippen LogP contribution >= 0.6 is 0 Å². The molecule has 0 saturated carbocycles. The first-order valence-corrected chi connectivity index (χ1v) is 5.82. The van der Waals surface area contributed by atoms with Gasteiger partial charge >= 0.3 is 5.97 Å². The van der Waals surface area contributed by atoms with E-state index >= 15 is 0 Å². The Morgan fingerprint density at radius 2 is 2.29 bits per heavy atom. The molecule has 1 rings (SSSR count). The van der Waals surface area contributed by atoms with E-state index in [1.807, 2.05) is 6.92 Å². The molecule has 1 aliphatic rings. The number of hydrogen-bond acceptors (Lipinski definition) is 4. The summed E-state index contributed by atoms with van der Waals surface area (Å²) in [5.41, 5.74) is 0. The topological polar surface area (TPSA) is 76.1 Å². The number of ether oxygens (including phenoxy) is 2. The maximum atomic E-state index is 11.7. The molecule has 1 fully saturated rings. The first kappa shape index (κ1) is 13.9. The van der Waals surface area contributed by atoms with E-state index in [0.717, 1.165) is 0 Å². The van der Waals surface area contributed by atoms with Gasteiger partial charge in [0.25, 0.3) is 0 Å². The van der Waals surface area contributed by atoms with E-state index in [4.69, 9.17) is 14.6 Å². The molecule has 1 N–H and O–H groups in total. The SMILES string of the molecule is CCOCCC(=O)N1CCOC(CC(=O)O)C1. The number of nitrogens with zero attached hydrogens (tertiary/aromatic N) is 1. The van der Waals surface area contributed by atoms with Gasteiger partial charge < -0.3 is 19.5 Å². The zero-order valence-electron chi connectivity index (χ0n) is 10.1. The number of rotatable bonds is 6. The predicted octanol–water partition coefficient (Wildman–Crippen LogP) is 0.115. The molecule has 6 nitrogen and oxygen atoms in total. The number of amides is 1. The highest BCUT2D eigenvalue weighted by Gasteiger charge is 2.25. The molecule has 1 heterocycles. The highest BCUT2D eigenvalue weighted by Crippen LogP contribution is 2.10. The molecule has 17 heavy (non-hydrogen) atoms. The van der Waals surface area contributed by atoms with Gasteiger partial charge in [0.15, 0.2) is 0 Å². The highest BCUT2D eigenvalue weighted by atomic mass is 16.5. The van der Waals surface area contributed by atoms with Crippen molar-refractivity contribution in [3.8, 4) is 0 Å². The van der Waals surface area contributed by atoms with Gasteiger partial charge in [-0.1, -0.05) is 0 Å². The van der Waals surface area contributed by atoms with Crippen molar-refractivity contribution in [1.29, 1.82) is 0 Å². The van der Waals surface area contributed by atoms with Gasteiger partial charge in [-0.2, -0.15) is 0 Å². The number of carboxylic acids is 1. The first-order chi connectivity index (χ1) is 8.13. The summed E-state index contributed by atoms with van der Waals surface area (Å²) < 4.78 is 10.4. The van der Waals surface area contributed by atoms with Crippen LogP contribution in [0.3, 0.4) is 0 Å². The lowest BCUT2D eigenvalue weighted by molar-refractivity contribution is -0.148. The summed E-state index contributed by atoms with van der Waals surface area (Å²) in [6.07, 6.45) is -0.111. The quantitative estimate of drug-likeness (QED) is 0.672. The Hall–Kier alpha value is -1.14. The minimum Gasteiger partial charge on any atom is -0.481 e. The van der Waals surface area contributed by atoms with Gasteiger partial charge in [0, 0.05) is 19.7 Å². The molecule has 0 aromatic heterocycles. The van der Waals surface area contributed by atoms with Crippen molar-refractivity contribution in [2.45, 2.75) is 25.9 Å². The molecule has 0 bridgehead atoms. The van der Waals surface area contributed by atoms with Crippen molar-refractivity contribution in [2.24, 2.45) is 0 Å². The molecular formula is C11H19NO5. The van der Waals surface area contributed by atoms with E-state index in [2.05, 4.69) is 0 Å². The van der Waals surface area contributed by atoms with E-state index in [1.54, 1.807) is 4.90 Å². The first-order valence-electron chi connectivity index (χ1n) is 5.82. The Labute approximate surface area is 100 Å². The Balaban J connectivity index is 2.32. The van der Waals surface area contributed by atoms with E-state index in [1.165, 1.54) is 0 Å². The maximum absolute atomic E-state index is 11.7. The third-order valence-electron chi connectivity index (χ3n) is 2.56. The summed E-state index contributed by atoms with van der Waals surface area (Å²) in [6, 6.07) is 0. The molecule has 0 radical (unpaired) electrons. The second-order valence-electron chi connectivity index (χ2n) is 3.88. The summed E-state index contributed by atoms with van der Waals surface area (Å²) in [5.74, 6) is -0.907. The van der Waals surface area contributed by atoms with Crippen LogP contribution in [-0.4, -0.2) is 60.9 Å². The average molecular weight is 245 g/mol. The van der Waals surface area contributed by atoms with Gasteiger partial charge in [-0.15, -0.1) is 0 Å². The number of hydrogen-bond donors (Lipinski definition) is 1. The van der Waals surface area contributed by atoms with E-state index in [0.29, 0.717) is 39.3 Å². The maximum Gasteiger partial charge on any atom is 0.306 e. The summed E-state index contributed by atoms with van der Waals surface area (Å²) in [4.78, 5) is 23.9. The summed E-state index contributed by atoms with van der Waals surface area (Å²) in [7, 11) is 0. The molecule has 0 aromatic rings. The number of carbonyl (C=O) groups is 2. The van der Waals surface area contributed by atoms with Crippen molar-refractivity contribution in [1.82, 2.24) is 4.90 Å². The van der Waals surface area contributed by atoms with Gasteiger partial charge in [0.05, 0.1) is 32.2 Å². The van der Waals surface area contributed by atoms with Gasteiger partial charge in [-0.25, -0.2) is 0 Å². The molecular weight excluding hydrogens is 226 g/mol. The fraction of sp³-hybridized carbons (Fsp3) is 0.818. The third-order valence-corrected chi connectivity index (χ3v) is 2.56. The smallest absolute Gasteiger partial charge is 0.306 e. The Bertz CT molecular complexity index is 269. The van der Waals surface area contributed by atoms with Crippen LogP contribution in [0.1, 0.15) is 19.8 Å². The molecule has 1 amide bonds. The highest BCUT2D eigenvalue weighted by molar-refractivity contribution is 5.76. The second-order valence-corrected chi connectivity index (χ2v) is 3.88. The lowest BCUT2D eigenvalue weighted by Gasteiger charge is -2.32. The van der Waals surface area contributed by atoms with E-state index < -0.39 is 12.1 Å². The molecule has 1 unspecified atom stereocenters. The summed E-state index contributed by atoms with van der Waals surface area (Å²) in [5, 5.41) is 8.66. The van der Waals surface area contributed by atoms with Crippen LogP contribution in [0.15, 0.2) is 0 Å². The Kier molecular flexibility index (Phi) is 5.93. The Morgan fingerprint density at radius 1 is 1.53 bits per heavy atom. The number of morpholine rings is 1. The average Bonchev–Trinajstić information content (AvgIpc) is 2.28. The molecule has 0 aromatic carbocycles. The zero-order chi connectivity index (χ0) is 12.7. The van der Waals surface area contributed by atoms with Crippen LogP contribution in [0.25, 0.3) is 0 Å². The van der Waals surface area contributed by atoms with Crippen LogP contribution in [0.2, 0.25) is 0 Å². The van der Waals surface area contributed by atoms with Crippen molar-refractivity contribution in [3.63, 3.8) is 0 Å². The third kappa shape index (κ3) is 5.14. The van der Waals surface area contributed by atoms with Gasteiger partial charge in [-0.3, -0.25) is 9.59 Å². The van der Waals surface area contributed by atoms with Crippen molar-refractivity contribution in [2.75, 3.05) is 32.9 Å². The lowest BCUT2D eigenvalue weighted by Crippen LogP contribution is -2.46. The van der Waals surface area contributed by atoms with Crippen molar-refractivity contribution < 1.29 is 24.2 Å². The van der Waals surface area contributed by atoms with E-state index in [9.17, 15) is 9.59 Å². The fourth-order valence-corrected chi connectivity index (χ4v) is 1.73. The monoisotopic (exact) mass is 245 g/mol. The Morgan fingerprint density at radius 3 is 2.94 bits per heavy atom. The molecule has 1 saturated heterocycles. The zero-order valence-corrected chi connectivity index (χ0v) is 10.1. The van der Waals surface area contributed by atoms with Gasteiger partial charge in [-0.05, 0) is 6.92 Å². The van der Waals surface area contributed by atoms with Crippen LogP contribution < -0.4 is 0 Å². The van der Waals surface area contributed by atoms with Crippen LogP contribution in [0.4, 0.5) is 0 Å². The summed E-state index contributed by atoms with van der Waals surface area (Å²) >= 11 is 0. The molecule has 98 valence electrons. The molecule has 6 heteroatoms. The largest absolute Gasteiger partial charge is 0.481 e. The van der Waals surface area contributed by atoms with Gasteiger partial charge in [0.2, 0.25) is 5.91 Å². The van der Waals surface area contributed by atoms with Crippen LogP contribution in [0, 0.1) is 0 Å². The molecule has 1 atom stereocenters. The molecule has 1 aliphatic heterocycles. The summed E-state index contributed by atoms with van der Waals surface area (Å²) in [6.45, 7) is 4.17. The second kappa shape index (κ2) is 7.24. The van der Waals surface area contributed by atoms with Crippen molar-refractivity contribution in [3.05, 3.63) is 0 Å². The minimum atomic E-state index is -0.904. The number of aliphatic carboxylic acids is 1. The molecule has 0 aliphatic carbocycles. The van der Waals surface area contributed by atoms with Crippen molar-refractivity contribution >= 4 is 11.9 Å². The fourth-order valence-electron chi connectivity index (χ4n) is 1.73.